The first-order valence-electron chi connectivity index (χ1n) is 5.18. The van der Waals surface area contributed by atoms with Gasteiger partial charge in [0.15, 0.2) is 0 Å². The summed E-state index contributed by atoms with van der Waals surface area (Å²) in [6.07, 6.45) is 0. The molecule has 18 heavy (non-hydrogen) atoms. The summed E-state index contributed by atoms with van der Waals surface area (Å²) in [6.45, 7) is -0.188. The first-order chi connectivity index (χ1) is 8.56. The smallest absolute Gasteiger partial charge is 0.149 e. The van der Waals surface area contributed by atoms with Gasteiger partial charge in [0.25, 0.3) is 0 Å². The highest BCUT2D eigenvalue weighted by Crippen LogP contribution is 2.20. The average molecular weight is 253 g/mol. The van der Waals surface area contributed by atoms with E-state index in [2.05, 4.69) is 0 Å². The van der Waals surface area contributed by atoms with Crippen LogP contribution in [0.25, 0.3) is 0 Å². The lowest BCUT2D eigenvalue weighted by Crippen LogP contribution is -2.00. The summed E-state index contributed by atoms with van der Waals surface area (Å²) in [5.74, 6) is -1.55. The van der Waals surface area contributed by atoms with Gasteiger partial charge in [0.05, 0.1) is 5.69 Å². The van der Waals surface area contributed by atoms with Gasteiger partial charge in [-0.2, -0.15) is 0 Å². The third-order valence-corrected chi connectivity index (χ3v) is 2.37. The molecule has 0 atom stereocenters. The van der Waals surface area contributed by atoms with Crippen molar-refractivity contribution in [1.82, 2.24) is 0 Å². The molecule has 2 rings (SSSR count). The summed E-state index contributed by atoms with van der Waals surface area (Å²) in [5, 5.41) is 0. The van der Waals surface area contributed by atoms with Crippen LogP contribution < -0.4 is 10.5 Å². The van der Waals surface area contributed by atoms with E-state index in [1.54, 1.807) is 0 Å². The maximum atomic E-state index is 13.3. The normalized spacial score (nSPS) is 10.4. The molecule has 0 aliphatic heterocycles. The number of hydrogen-bond donors (Lipinski definition) is 1. The highest BCUT2D eigenvalue weighted by Gasteiger charge is 2.06. The summed E-state index contributed by atoms with van der Waals surface area (Å²) in [4.78, 5) is 0. The van der Waals surface area contributed by atoms with E-state index in [4.69, 9.17) is 10.5 Å². The molecule has 0 bridgehead atoms. The number of nitrogens with two attached hydrogens (primary N) is 1. The molecular weight excluding hydrogens is 243 g/mol. The van der Waals surface area contributed by atoms with Crippen molar-refractivity contribution in [2.75, 3.05) is 5.73 Å². The van der Waals surface area contributed by atoms with Crippen LogP contribution in [0, 0.1) is 17.5 Å². The van der Waals surface area contributed by atoms with Crippen molar-refractivity contribution in [3.05, 3.63) is 59.4 Å². The Kier molecular flexibility index (Phi) is 3.41. The summed E-state index contributed by atoms with van der Waals surface area (Å²) in [6, 6.07) is 6.94. The third kappa shape index (κ3) is 2.74. The largest absolute Gasteiger partial charge is 0.489 e. The van der Waals surface area contributed by atoms with Crippen molar-refractivity contribution in [2.45, 2.75) is 6.61 Å². The minimum Gasteiger partial charge on any atom is -0.489 e. The van der Waals surface area contributed by atoms with Gasteiger partial charge in [0.1, 0.15) is 29.8 Å². The van der Waals surface area contributed by atoms with Crippen molar-refractivity contribution >= 4 is 5.69 Å². The molecule has 0 spiro atoms. The number of halogens is 3. The zero-order valence-electron chi connectivity index (χ0n) is 9.29. The zero-order chi connectivity index (χ0) is 13.1. The van der Waals surface area contributed by atoms with Crippen molar-refractivity contribution in [2.24, 2.45) is 0 Å². The van der Waals surface area contributed by atoms with Gasteiger partial charge < -0.3 is 10.5 Å². The molecule has 2 aromatic rings. The molecule has 0 heterocycles. The van der Waals surface area contributed by atoms with Crippen LogP contribution in [0.5, 0.6) is 5.75 Å². The second kappa shape index (κ2) is 5.00. The Morgan fingerprint density at radius 1 is 0.944 bits per heavy atom. The van der Waals surface area contributed by atoms with E-state index in [9.17, 15) is 13.2 Å². The molecule has 2 aromatic carbocycles. The van der Waals surface area contributed by atoms with Crippen LogP contribution in [-0.2, 0) is 6.61 Å². The fourth-order valence-electron chi connectivity index (χ4n) is 1.41. The Morgan fingerprint density at radius 2 is 1.72 bits per heavy atom. The molecular formula is C13H10F3NO. The number of anilines is 1. The molecule has 0 aliphatic carbocycles. The van der Waals surface area contributed by atoms with E-state index >= 15 is 0 Å². The summed E-state index contributed by atoms with van der Waals surface area (Å²) in [7, 11) is 0. The number of rotatable bonds is 3. The minimum absolute atomic E-state index is 0.000661. The van der Waals surface area contributed by atoms with Gasteiger partial charge in [-0.05, 0) is 30.3 Å². The van der Waals surface area contributed by atoms with Gasteiger partial charge in [0, 0.05) is 11.6 Å². The Bertz CT molecular complexity index is 572. The summed E-state index contributed by atoms with van der Waals surface area (Å²) >= 11 is 0. The number of ether oxygens (including phenoxy) is 1. The maximum Gasteiger partial charge on any atom is 0.149 e. The van der Waals surface area contributed by atoms with Gasteiger partial charge in [-0.1, -0.05) is 0 Å². The standard InChI is InChI=1S/C13H10F3NO/c14-9-1-3-11(15)8(5-9)7-18-10-2-4-13(17)12(16)6-10/h1-6H,7,17H2. The van der Waals surface area contributed by atoms with E-state index in [0.29, 0.717) is 0 Å². The predicted molar refractivity (Wildman–Crippen MR) is 61.5 cm³/mol. The lowest BCUT2D eigenvalue weighted by atomic mass is 10.2. The van der Waals surface area contributed by atoms with Gasteiger partial charge >= 0.3 is 0 Å². The SMILES string of the molecule is Nc1ccc(OCc2cc(F)ccc2F)cc1F. The van der Waals surface area contributed by atoms with Crippen LogP contribution in [0.4, 0.5) is 18.9 Å². The number of nitrogen functional groups attached to an aromatic ring is 1. The lowest BCUT2D eigenvalue weighted by Gasteiger charge is -2.08. The maximum absolute atomic E-state index is 13.3. The molecule has 0 fully saturated rings. The Morgan fingerprint density at radius 3 is 2.44 bits per heavy atom. The molecule has 0 unspecified atom stereocenters. The fourth-order valence-corrected chi connectivity index (χ4v) is 1.41. The highest BCUT2D eigenvalue weighted by atomic mass is 19.1. The van der Waals surface area contributed by atoms with E-state index in [1.165, 1.54) is 12.1 Å². The van der Waals surface area contributed by atoms with Crippen LogP contribution in [0.15, 0.2) is 36.4 Å². The molecule has 0 saturated heterocycles. The molecule has 2 N–H and O–H groups in total. The molecule has 94 valence electrons. The van der Waals surface area contributed by atoms with E-state index in [-0.39, 0.29) is 23.6 Å². The Hall–Kier alpha value is -2.17. The monoisotopic (exact) mass is 253 g/mol. The quantitative estimate of drug-likeness (QED) is 0.852. The van der Waals surface area contributed by atoms with Crippen molar-refractivity contribution in [3.63, 3.8) is 0 Å². The first kappa shape index (κ1) is 12.3. The Balaban J connectivity index is 2.11. The minimum atomic E-state index is -0.618. The van der Waals surface area contributed by atoms with Crippen LogP contribution in [-0.4, -0.2) is 0 Å². The molecule has 2 nitrogen and oxygen atoms in total. The second-order valence-corrected chi connectivity index (χ2v) is 3.71. The van der Waals surface area contributed by atoms with Gasteiger partial charge in [-0.15, -0.1) is 0 Å². The molecule has 0 radical (unpaired) electrons. The summed E-state index contributed by atoms with van der Waals surface area (Å²) in [5.41, 5.74) is 5.36. The molecule has 0 saturated carbocycles. The zero-order valence-corrected chi connectivity index (χ0v) is 9.29. The fraction of sp³-hybridized carbons (Fsp3) is 0.0769. The highest BCUT2D eigenvalue weighted by molar-refractivity contribution is 5.43. The first-order valence-corrected chi connectivity index (χ1v) is 5.18. The third-order valence-electron chi connectivity index (χ3n) is 2.37. The molecule has 5 heteroatoms. The number of hydrogen-bond acceptors (Lipinski definition) is 2. The van der Waals surface area contributed by atoms with Crippen molar-refractivity contribution < 1.29 is 17.9 Å². The average Bonchev–Trinajstić information content (AvgIpc) is 2.34. The predicted octanol–water partition coefficient (Wildman–Crippen LogP) is 3.27. The molecule has 0 aliphatic rings. The van der Waals surface area contributed by atoms with Crippen molar-refractivity contribution in [3.8, 4) is 5.75 Å². The lowest BCUT2D eigenvalue weighted by molar-refractivity contribution is 0.297. The van der Waals surface area contributed by atoms with Crippen LogP contribution in [0.1, 0.15) is 5.56 Å². The molecule has 0 amide bonds. The van der Waals surface area contributed by atoms with E-state index in [0.717, 1.165) is 24.3 Å². The van der Waals surface area contributed by atoms with Crippen LogP contribution in [0.2, 0.25) is 0 Å². The van der Waals surface area contributed by atoms with Gasteiger partial charge in [-0.3, -0.25) is 0 Å². The van der Waals surface area contributed by atoms with Crippen LogP contribution >= 0.6 is 0 Å². The second-order valence-electron chi connectivity index (χ2n) is 3.71. The van der Waals surface area contributed by atoms with Crippen LogP contribution in [0.3, 0.4) is 0 Å². The summed E-state index contributed by atoms with van der Waals surface area (Å²) < 4.78 is 44.4. The van der Waals surface area contributed by atoms with Gasteiger partial charge in [-0.25, -0.2) is 13.2 Å². The Labute approximate surface area is 102 Å². The van der Waals surface area contributed by atoms with Crippen molar-refractivity contribution in [1.29, 1.82) is 0 Å². The van der Waals surface area contributed by atoms with E-state index < -0.39 is 17.5 Å². The van der Waals surface area contributed by atoms with E-state index in [1.807, 2.05) is 0 Å². The number of benzene rings is 2. The molecule has 0 aromatic heterocycles. The van der Waals surface area contributed by atoms with Gasteiger partial charge in [0.2, 0.25) is 0 Å². The topological polar surface area (TPSA) is 35.2 Å².